The van der Waals surface area contributed by atoms with E-state index in [1.807, 2.05) is 83.0 Å². The Kier molecular flexibility index (Phi) is 13.7. The molecule has 2 aromatic heterocycles. The Morgan fingerprint density at radius 3 is 1.28 bits per heavy atom. The Morgan fingerprint density at radius 1 is 0.578 bits per heavy atom. The van der Waals surface area contributed by atoms with E-state index in [0.29, 0.717) is 35.9 Å². The molecule has 4 N–H and O–H groups in total. The molecule has 16 heteroatoms. The van der Waals surface area contributed by atoms with Crippen LogP contribution in [-0.4, -0.2) is 104 Å². The molecule has 0 spiro atoms. The first-order valence-corrected chi connectivity index (χ1v) is 23.5. The van der Waals surface area contributed by atoms with E-state index in [1.165, 1.54) is 14.2 Å². The molecule has 4 aromatic carbocycles. The number of aromatic nitrogens is 4. The molecular weight excluding hydrogens is 849 g/mol. The maximum Gasteiger partial charge on any atom is 0.407 e. The van der Waals surface area contributed by atoms with Crippen LogP contribution in [0.25, 0.3) is 33.6 Å². The third-order valence-electron chi connectivity index (χ3n) is 12.0. The molecule has 0 radical (unpaired) electrons. The number of amides is 4. The zero-order valence-corrected chi connectivity index (χ0v) is 37.5. The summed E-state index contributed by atoms with van der Waals surface area (Å²) >= 11 is 3.42. The predicted octanol–water partition coefficient (Wildman–Crippen LogP) is 8.34. The van der Waals surface area contributed by atoms with Crippen molar-refractivity contribution < 1.29 is 28.7 Å². The summed E-state index contributed by atoms with van der Waals surface area (Å²) in [5, 5.41) is 5.89. The topological polar surface area (TPSA) is 175 Å². The van der Waals surface area contributed by atoms with Crippen LogP contribution in [-0.2, 0) is 19.1 Å². The quantitative estimate of drug-likeness (QED) is 0.0883. The fourth-order valence-corrected chi connectivity index (χ4v) is 9.85. The van der Waals surface area contributed by atoms with Crippen LogP contribution < -0.4 is 10.6 Å². The number of benzene rings is 4. The Bertz CT molecular complexity index is 2380. The third kappa shape index (κ3) is 9.53. The number of ether oxygens (including phenoxy) is 2. The number of rotatable bonds is 13. The van der Waals surface area contributed by atoms with Crippen LogP contribution in [0.3, 0.4) is 0 Å². The molecular formula is C48H50N8O6S2. The van der Waals surface area contributed by atoms with Crippen molar-refractivity contribution in [3.63, 3.8) is 0 Å². The second-order valence-electron chi connectivity index (χ2n) is 15.7. The maximum absolute atomic E-state index is 14.2. The number of thioether (sulfide) groups is 2. The van der Waals surface area contributed by atoms with Crippen molar-refractivity contribution in [1.82, 2.24) is 40.4 Å². The molecule has 8 rings (SSSR count). The van der Waals surface area contributed by atoms with Crippen molar-refractivity contribution in [2.24, 2.45) is 0 Å². The summed E-state index contributed by atoms with van der Waals surface area (Å²) in [6.45, 7) is 1.04. The number of nitrogens with one attached hydrogen (secondary N) is 4. The van der Waals surface area contributed by atoms with Gasteiger partial charge < -0.3 is 39.9 Å². The lowest BCUT2D eigenvalue weighted by molar-refractivity contribution is -0.135. The minimum atomic E-state index is -0.907. The zero-order chi connectivity index (χ0) is 44.7. The zero-order valence-electron chi connectivity index (χ0n) is 35.9. The van der Waals surface area contributed by atoms with Crippen molar-refractivity contribution in [2.75, 3.05) is 39.8 Å². The Labute approximate surface area is 380 Å². The Morgan fingerprint density at radius 2 is 0.938 bits per heavy atom. The molecule has 0 bridgehead atoms. The van der Waals surface area contributed by atoms with E-state index in [4.69, 9.17) is 19.4 Å². The van der Waals surface area contributed by atoms with Gasteiger partial charge in [0.1, 0.15) is 23.7 Å². The lowest BCUT2D eigenvalue weighted by Crippen LogP contribution is -2.43. The van der Waals surface area contributed by atoms with E-state index in [-0.39, 0.29) is 34.4 Å². The molecule has 6 aromatic rings. The minimum Gasteiger partial charge on any atom is -0.453 e. The van der Waals surface area contributed by atoms with E-state index in [1.54, 1.807) is 35.9 Å². The monoisotopic (exact) mass is 898 g/mol. The number of nitrogens with zero attached hydrogens (tertiary/aromatic N) is 4. The number of H-pyrrole nitrogens is 2. The highest BCUT2D eigenvalue weighted by Crippen LogP contribution is 2.40. The number of hydrogen-bond donors (Lipinski definition) is 4. The highest BCUT2D eigenvalue weighted by molar-refractivity contribution is 7.99. The predicted molar refractivity (Wildman–Crippen MR) is 249 cm³/mol. The summed E-state index contributed by atoms with van der Waals surface area (Å²) in [5.74, 6) is 0.934. The van der Waals surface area contributed by atoms with Gasteiger partial charge in [-0.1, -0.05) is 109 Å². The molecule has 14 nitrogen and oxygen atoms in total. The summed E-state index contributed by atoms with van der Waals surface area (Å²) < 4.78 is 9.74. The Hall–Kier alpha value is -6.52. The molecule has 4 heterocycles. The van der Waals surface area contributed by atoms with E-state index in [2.05, 4.69) is 69.1 Å². The van der Waals surface area contributed by atoms with Gasteiger partial charge in [0, 0.05) is 23.6 Å². The molecule has 64 heavy (non-hydrogen) atoms. The van der Waals surface area contributed by atoms with Crippen molar-refractivity contribution in [1.29, 1.82) is 0 Å². The number of alkyl carbamates (subject to hydrolysis) is 2. The van der Waals surface area contributed by atoms with Gasteiger partial charge in [0.2, 0.25) is 0 Å². The number of carbonyl (C=O) groups excluding carboxylic acids is 4. The first-order chi connectivity index (χ1) is 31.2. The van der Waals surface area contributed by atoms with Gasteiger partial charge in [-0.2, -0.15) is 23.5 Å². The van der Waals surface area contributed by atoms with Crippen LogP contribution in [0.4, 0.5) is 9.59 Å². The first kappa shape index (κ1) is 44.1. The summed E-state index contributed by atoms with van der Waals surface area (Å²) in [5.41, 5.74) is 7.00. The van der Waals surface area contributed by atoms with E-state index in [9.17, 15) is 19.2 Å². The number of carbonyl (C=O) groups is 4. The van der Waals surface area contributed by atoms with Gasteiger partial charge in [-0.3, -0.25) is 9.59 Å². The summed E-state index contributed by atoms with van der Waals surface area (Å²) in [6, 6.07) is 32.5. The fraction of sp³-hybridized carbons (Fsp3) is 0.292. The molecule has 2 saturated heterocycles. The number of likely N-dealkylation sites (tertiary alicyclic amines) is 2. The van der Waals surface area contributed by atoms with Gasteiger partial charge in [-0.05, 0) is 58.7 Å². The van der Waals surface area contributed by atoms with E-state index >= 15 is 0 Å². The molecule has 2 aliphatic rings. The van der Waals surface area contributed by atoms with Crippen LogP contribution in [0.5, 0.6) is 0 Å². The maximum atomic E-state index is 14.2. The van der Waals surface area contributed by atoms with Crippen LogP contribution in [0, 0.1) is 0 Å². The fourth-order valence-electron chi connectivity index (χ4n) is 8.48. The van der Waals surface area contributed by atoms with E-state index < -0.39 is 24.3 Å². The average molecular weight is 899 g/mol. The second kappa shape index (κ2) is 19.9. The molecule has 0 aliphatic carbocycles. The van der Waals surface area contributed by atoms with E-state index in [0.717, 1.165) is 46.5 Å². The average Bonchev–Trinajstić information content (AvgIpc) is 4.19. The van der Waals surface area contributed by atoms with Crippen LogP contribution in [0.1, 0.15) is 59.8 Å². The summed E-state index contributed by atoms with van der Waals surface area (Å²) in [6.07, 6.45) is 7.77. The largest absolute Gasteiger partial charge is 0.453 e. The molecule has 330 valence electrons. The molecule has 0 unspecified atom stereocenters. The smallest absolute Gasteiger partial charge is 0.407 e. The number of imidazole rings is 2. The highest BCUT2D eigenvalue weighted by atomic mass is 32.2. The second-order valence-corrected chi connectivity index (χ2v) is 18.0. The molecule has 2 fully saturated rings. The molecule has 2 aliphatic heterocycles. The van der Waals surface area contributed by atoms with Gasteiger partial charge in [-0.25, -0.2) is 19.6 Å². The minimum absolute atomic E-state index is 0.204. The van der Waals surface area contributed by atoms with Crippen LogP contribution >= 0.6 is 23.5 Å². The van der Waals surface area contributed by atoms with Crippen molar-refractivity contribution in [3.8, 4) is 33.6 Å². The van der Waals surface area contributed by atoms with Gasteiger partial charge in [-0.15, -0.1) is 0 Å². The molecule has 6 atom stereocenters. The van der Waals surface area contributed by atoms with Crippen molar-refractivity contribution in [2.45, 2.75) is 47.5 Å². The van der Waals surface area contributed by atoms with Crippen molar-refractivity contribution in [3.05, 3.63) is 144 Å². The van der Waals surface area contributed by atoms with Gasteiger partial charge in [0.25, 0.3) is 11.8 Å². The van der Waals surface area contributed by atoms with Crippen LogP contribution in [0.2, 0.25) is 0 Å². The SMILES string of the molecule is COC(=O)N[C@H](C(=O)N1C[C@@H](SC)C[C@H]1c1ncc(-c2ccc(-c3ccc(-c4cnc([C@@H]5C[C@H](SC)CN5C(=O)[C@@H](NC(=O)OC)c5ccccc5)[nH]4)cc3)cc2)[nH]1)c1ccccc1. The van der Waals surface area contributed by atoms with Crippen molar-refractivity contribution >= 4 is 47.5 Å². The lowest BCUT2D eigenvalue weighted by atomic mass is 10.0. The first-order valence-electron chi connectivity index (χ1n) is 20.9. The highest BCUT2D eigenvalue weighted by Gasteiger charge is 2.42. The third-order valence-corrected chi connectivity index (χ3v) is 14.0. The number of methoxy groups -OCH3 is 2. The standard InChI is InChI=1S/C48H50N8O6S2/c1-61-47(59)53-41(33-11-7-5-8-12-33)45(57)55-27-35(63-3)23-39(55)43-49-25-37(51-43)31-19-15-29(16-20-31)30-17-21-32(22-18-30)38-26-50-44(52-38)40-24-36(64-4)28-56(40)46(58)42(54-48(60)62-2)34-13-9-6-10-14-34/h5-22,25-26,35-36,39-42H,23-24,27-28H2,1-4H3,(H,49,51)(H,50,52)(H,53,59)(H,54,60)/t35-,36-,39-,40-,41-,42-/m0/s1. The normalized spacial score (nSPS) is 19.2. The van der Waals surface area contributed by atoms with Gasteiger partial charge in [0.15, 0.2) is 0 Å². The number of hydrogen-bond acceptors (Lipinski definition) is 10. The molecule has 4 amide bonds. The van der Waals surface area contributed by atoms with Gasteiger partial charge >= 0.3 is 12.2 Å². The summed E-state index contributed by atoms with van der Waals surface area (Å²) in [4.78, 5) is 73.2. The number of aromatic amines is 2. The van der Waals surface area contributed by atoms with Crippen LogP contribution in [0.15, 0.2) is 122 Å². The Balaban J connectivity index is 0.956. The lowest BCUT2D eigenvalue weighted by Gasteiger charge is -2.28. The molecule has 0 saturated carbocycles. The summed E-state index contributed by atoms with van der Waals surface area (Å²) in [7, 11) is 2.57. The van der Waals surface area contributed by atoms with Gasteiger partial charge in [0.05, 0.1) is 50.1 Å².